The molecule has 1 amide bonds. The van der Waals surface area contributed by atoms with Gasteiger partial charge in [-0.2, -0.15) is 15.5 Å². The summed E-state index contributed by atoms with van der Waals surface area (Å²) < 4.78 is 0. The first-order valence-corrected chi connectivity index (χ1v) is 9.44. The Morgan fingerprint density at radius 2 is 2.00 bits per heavy atom. The number of nitriles is 1. The summed E-state index contributed by atoms with van der Waals surface area (Å²) in [6.45, 7) is 1.68. The molecule has 1 aromatic heterocycles. The average molecular weight is 379 g/mol. The number of amides is 1. The van der Waals surface area contributed by atoms with E-state index in [1.165, 1.54) is 0 Å². The van der Waals surface area contributed by atoms with Gasteiger partial charge in [-0.25, -0.2) is 0 Å². The molecule has 0 fully saturated rings. The molecule has 0 saturated heterocycles. The summed E-state index contributed by atoms with van der Waals surface area (Å²) >= 11 is 0. The Bertz CT molecular complexity index is 1190. The molecule has 6 heteroatoms. The first kappa shape index (κ1) is 17.3. The number of aliphatic imine (C=N–C) groups is 1. The van der Waals surface area contributed by atoms with E-state index >= 15 is 0 Å². The molecular formula is C23H17N5O. The monoisotopic (exact) mass is 379 g/mol. The lowest BCUT2D eigenvalue weighted by atomic mass is 9.91. The minimum absolute atomic E-state index is 0.109. The van der Waals surface area contributed by atoms with Gasteiger partial charge in [-0.15, -0.1) is 0 Å². The average Bonchev–Trinajstić information content (AvgIpc) is 3.16. The number of hydrogen-bond donors (Lipinski definition) is 0. The minimum Gasteiger partial charge on any atom is -0.334 e. The van der Waals surface area contributed by atoms with Crippen molar-refractivity contribution in [2.75, 3.05) is 0 Å². The SMILES string of the molecule is N#Cc1cccc(CN2Cc3cc4c(cc3CC2=O)CN=C4c2ccnnc2)c1. The van der Waals surface area contributed by atoms with Gasteiger partial charge in [0.05, 0.1) is 42.7 Å². The van der Waals surface area contributed by atoms with Gasteiger partial charge in [0.15, 0.2) is 0 Å². The van der Waals surface area contributed by atoms with Crippen molar-refractivity contribution in [3.8, 4) is 6.07 Å². The number of hydrogen-bond acceptors (Lipinski definition) is 5. The maximum atomic E-state index is 12.7. The molecule has 6 nitrogen and oxygen atoms in total. The van der Waals surface area contributed by atoms with Crippen LogP contribution in [0.1, 0.15) is 38.9 Å². The normalized spacial score (nSPS) is 14.8. The fraction of sp³-hybridized carbons (Fsp3) is 0.174. The quantitative estimate of drug-likeness (QED) is 0.701. The summed E-state index contributed by atoms with van der Waals surface area (Å²) in [4.78, 5) is 19.3. The zero-order chi connectivity index (χ0) is 19.8. The second-order valence-corrected chi connectivity index (χ2v) is 7.31. The van der Waals surface area contributed by atoms with Crippen molar-refractivity contribution in [3.63, 3.8) is 0 Å². The first-order chi connectivity index (χ1) is 14.2. The van der Waals surface area contributed by atoms with Gasteiger partial charge in [0.25, 0.3) is 0 Å². The second kappa shape index (κ2) is 6.95. The Morgan fingerprint density at radius 1 is 1.07 bits per heavy atom. The van der Waals surface area contributed by atoms with Crippen LogP contribution in [0.15, 0.2) is 59.9 Å². The number of fused-ring (bicyclic) bond motifs is 2. The van der Waals surface area contributed by atoms with E-state index in [-0.39, 0.29) is 5.91 Å². The Labute approximate surface area is 168 Å². The molecule has 5 rings (SSSR count). The van der Waals surface area contributed by atoms with E-state index in [1.54, 1.807) is 18.5 Å². The van der Waals surface area contributed by atoms with Crippen LogP contribution < -0.4 is 0 Å². The van der Waals surface area contributed by atoms with E-state index in [0.29, 0.717) is 31.6 Å². The number of carbonyl (C=O) groups excluding carboxylic acids is 1. The number of aromatic nitrogens is 2. The van der Waals surface area contributed by atoms with Gasteiger partial charge in [0, 0.05) is 24.2 Å². The van der Waals surface area contributed by atoms with Crippen molar-refractivity contribution >= 4 is 11.6 Å². The van der Waals surface area contributed by atoms with E-state index in [2.05, 4.69) is 33.4 Å². The van der Waals surface area contributed by atoms with Crippen molar-refractivity contribution in [3.05, 3.63) is 93.8 Å². The molecular weight excluding hydrogens is 362 g/mol. The molecule has 3 heterocycles. The van der Waals surface area contributed by atoms with Crippen LogP contribution in [0.25, 0.3) is 0 Å². The van der Waals surface area contributed by atoms with Crippen LogP contribution in [-0.2, 0) is 30.8 Å². The molecule has 0 aliphatic carbocycles. The fourth-order valence-electron chi connectivity index (χ4n) is 4.00. The molecule has 0 spiro atoms. The number of benzene rings is 2. The van der Waals surface area contributed by atoms with Gasteiger partial charge in [-0.3, -0.25) is 9.79 Å². The maximum Gasteiger partial charge on any atom is 0.227 e. The molecule has 0 unspecified atom stereocenters. The molecule has 0 bridgehead atoms. The Kier molecular flexibility index (Phi) is 4.14. The first-order valence-electron chi connectivity index (χ1n) is 9.44. The van der Waals surface area contributed by atoms with E-state index in [1.807, 2.05) is 29.2 Å². The lowest BCUT2D eigenvalue weighted by Gasteiger charge is -2.29. The van der Waals surface area contributed by atoms with Crippen LogP contribution in [0.3, 0.4) is 0 Å². The predicted octanol–water partition coefficient (Wildman–Crippen LogP) is 2.78. The third-order valence-electron chi connectivity index (χ3n) is 5.43. The highest BCUT2D eigenvalue weighted by Crippen LogP contribution is 2.30. The summed E-state index contributed by atoms with van der Waals surface area (Å²) in [5.74, 6) is 0.109. The Morgan fingerprint density at radius 3 is 2.83 bits per heavy atom. The minimum atomic E-state index is 0.109. The van der Waals surface area contributed by atoms with Crippen LogP contribution in [0, 0.1) is 11.3 Å². The molecule has 0 saturated carbocycles. The molecule has 2 aliphatic rings. The van der Waals surface area contributed by atoms with Crippen molar-refractivity contribution < 1.29 is 4.79 Å². The third kappa shape index (κ3) is 3.17. The van der Waals surface area contributed by atoms with Crippen LogP contribution in [0.5, 0.6) is 0 Å². The molecule has 29 heavy (non-hydrogen) atoms. The van der Waals surface area contributed by atoms with Crippen LogP contribution in [-0.4, -0.2) is 26.7 Å². The van der Waals surface area contributed by atoms with Crippen LogP contribution >= 0.6 is 0 Å². The topological polar surface area (TPSA) is 82.2 Å². The van der Waals surface area contributed by atoms with Crippen molar-refractivity contribution in [2.45, 2.75) is 26.1 Å². The summed E-state index contributed by atoms with van der Waals surface area (Å²) in [6, 6.07) is 15.8. The molecule has 0 atom stereocenters. The predicted molar refractivity (Wildman–Crippen MR) is 107 cm³/mol. The molecule has 2 aliphatic heterocycles. The lowest BCUT2D eigenvalue weighted by molar-refractivity contribution is -0.132. The zero-order valence-corrected chi connectivity index (χ0v) is 15.7. The van der Waals surface area contributed by atoms with Gasteiger partial charge < -0.3 is 4.90 Å². The zero-order valence-electron chi connectivity index (χ0n) is 15.7. The summed E-state index contributed by atoms with van der Waals surface area (Å²) in [5.41, 5.74) is 7.95. The van der Waals surface area contributed by atoms with Crippen molar-refractivity contribution in [1.29, 1.82) is 5.26 Å². The number of carbonyl (C=O) groups is 1. The number of nitrogens with zero attached hydrogens (tertiary/aromatic N) is 5. The fourth-order valence-corrected chi connectivity index (χ4v) is 4.00. The van der Waals surface area contributed by atoms with Gasteiger partial charge in [-0.1, -0.05) is 18.2 Å². The van der Waals surface area contributed by atoms with E-state index in [0.717, 1.165) is 39.1 Å². The van der Waals surface area contributed by atoms with E-state index < -0.39 is 0 Å². The van der Waals surface area contributed by atoms with Crippen LogP contribution in [0.4, 0.5) is 0 Å². The van der Waals surface area contributed by atoms with Gasteiger partial charge in [0.2, 0.25) is 5.91 Å². The van der Waals surface area contributed by atoms with E-state index in [4.69, 9.17) is 5.26 Å². The summed E-state index contributed by atoms with van der Waals surface area (Å²) in [7, 11) is 0. The summed E-state index contributed by atoms with van der Waals surface area (Å²) in [6.07, 6.45) is 3.79. The van der Waals surface area contributed by atoms with E-state index in [9.17, 15) is 4.79 Å². The molecule has 3 aromatic rings. The van der Waals surface area contributed by atoms with Crippen molar-refractivity contribution in [2.24, 2.45) is 4.99 Å². The highest BCUT2D eigenvalue weighted by Gasteiger charge is 2.27. The number of rotatable bonds is 3. The summed E-state index contributed by atoms with van der Waals surface area (Å²) in [5, 5.41) is 16.9. The van der Waals surface area contributed by atoms with Gasteiger partial charge in [-0.05, 0) is 46.5 Å². The smallest absolute Gasteiger partial charge is 0.227 e. The van der Waals surface area contributed by atoms with Gasteiger partial charge >= 0.3 is 0 Å². The third-order valence-corrected chi connectivity index (χ3v) is 5.43. The van der Waals surface area contributed by atoms with Crippen molar-refractivity contribution in [1.82, 2.24) is 15.1 Å². The molecule has 0 N–H and O–H groups in total. The standard InChI is InChI=1S/C23H17N5O/c24-10-15-2-1-3-16(6-15)13-28-14-20-8-21-19(7-18(20)9-22(28)29)11-25-23(21)17-4-5-26-27-12-17/h1-8,12H,9,11,13-14H2. The maximum absolute atomic E-state index is 12.7. The van der Waals surface area contributed by atoms with Crippen LogP contribution in [0.2, 0.25) is 0 Å². The van der Waals surface area contributed by atoms with Gasteiger partial charge in [0.1, 0.15) is 0 Å². The Hall–Kier alpha value is -3.85. The highest BCUT2D eigenvalue weighted by atomic mass is 16.2. The lowest BCUT2D eigenvalue weighted by Crippen LogP contribution is -2.35. The molecule has 140 valence electrons. The molecule has 0 radical (unpaired) electrons. The second-order valence-electron chi connectivity index (χ2n) is 7.31. The Balaban J connectivity index is 1.45. The molecule has 2 aromatic carbocycles. The highest BCUT2D eigenvalue weighted by molar-refractivity contribution is 6.15. The largest absolute Gasteiger partial charge is 0.334 e.